The van der Waals surface area contributed by atoms with Crippen LogP contribution in [0.3, 0.4) is 0 Å². The first kappa shape index (κ1) is 21.9. The maximum absolute atomic E-state index is 13.3. The summed E-state index contributed by atoms with van der Waals surface area (Å²) < 4.78 is 0. The van der Waals surface area contributed by atoms with E-state index in [2.05, 4.69) is 16.7 Å². The van der Waals surface area contributed by atoms with Crippen molar-refractivity contribution in [3.63, 3.8) is 0 Å². The van der Waals surface area contributed by atoms with Gasteiger partial charge in [-0.25, -0.2) is 4.79 Å². The van der Waals surface area contributed by atoms with Crippen molar-refractivity contribution in [2.75, 3.05) is 26.2 Å². The molecule has 162 valence electrons. The Morgan fingerprint density at radius 3 is 2.63 bits per heavy atom. The Morgan fingerprint density at radius 1 is 1.27 bits per heavy atom. The number of carbonyl (C=O) groups excluding carboxylic acids is 3. The molecule has 0 unspecified atom stereocenters. The standard InChI is InChI=1S/C23H32N4O3/c1-6-27-18-13-26(10-9-19(28)24-12-14(2)3)22(29)20(18)21(25-23(27)30)17-8-7-15(4)11-16(17)5/h7-8,11,14,21H,6,9-10,12-13H2,1-5H3,(H,24,28)(H,25,30)/t21-/m0/s1. The van der Waals surface area contributed by atoms with Gasteiger partial charge in [0.1, 0.15) is 0 Å². The molecule has 1 aromatic carbocycles. The third kappa shape index (κ3) is 4.35. The van der Waals surface area contributed by atoms with Gasteiger partial charge in [-0.05, 0) is 37.8 Å². The third-order valence-corrected chi connectivity index (χ3v) is 5.67. The lowest BCUT2D eigenvalue weighted by Crippen LogP contribution is -2.47. The van der Waals surface area contributed by atoms with Crippen LogP contribution in [0.15, 0.2) is 29.5 Å². The molecule has 7 nitrogen and oxygen atoms in total. The van der Waals surface area contributed by atoms with E-state index in [0.29, 0.717) is 37.7 Å². The smallest absolute Gasteiger partial charge is 0.322 e. The van der Waals surface area contributed by atoms with E-state index in [-0.39, 0.29) is 24.3 Å². The quantitative estimate of drug-likeness (QED) is 0.722. The molecular weight excluding hydrogens is 380 g/mol. The van der Waals surface area contributed by atoms with Crippen LogP contribution in [-0.2, 0) is 9.59 Å². The number of nitrogens with one attached hydrogen (secondary N) is 2. The zero-order valence-electron chi connectivity index (χ0n) is 18.5. The highest BCUT2D eigenvalue weighted by Crippen LogP contribution is 2.37. The minimum absolute atomic E-state index is 0.0612. The number of hydrogen-bond acceptors (Lipinski definition) is 3. The Hall–Kier alpha value is -2.83. The fraction of sp³-hybridized carbons (Fsp3) is 0.522. The number of likely N-dealkylation sites (N-methyl/N-ethyl adjacent to an activating group) is 1. The number of nitrogens with zero attached hydrogens (tertiary/aromatic N) is 2. The number of aryl methyl sites for hydroxylation is 2. The molecular formula is C23H32N4O3. The zero-order chi connectivity index (χ0) is 22.0. The van der Waals surface area contributed by atoms with Gasteiger partial charge in [0.05, 0.1) is 23.9 Å². The minimum Gasteiger partial charge on any atom is -0.356 e. The van der Waals surface area contributed by atoms with E-state index < -0.39 is 6.04 Å². The summed E-state index contributed by atoms with van der Waals surface area (Å²) in [6, 6.07) is 5.38. The van der Waals surface area contributed by atoms with Crippen LogP contribution in [0.25, 0.3) is 0 Å². The summed E-state index contributed by atoms with van der Waals surface area (Å²) in [6.07, 6.45) is 0.251. The van der Waals surface area contributed by atoms with Gasteiger partial charge in [0.2, 0.25) is 5.91 Å². The fourth-order valence-corrected chi connectivity index (χ4v) is 4.09. The average molecular weight is 413 g/mol. The summed E-state index contributed by atoms with van der Waals surface area (Å²) in [4.78, 5) is 41.5. The molecule has 0 saturated heterocycles. The molecule has 2 aliphatic heterocycles. The second-order valence-corrected chi connectivity index (χ2v) is 8.52. The lowest BCUT2D eigenvalue weighted by molar-refractivity contribution is -0.127. The predicted molar refractivity (Wildman–Crippen MR) is 116 cm³/mol. The van der Waals surface area contributed by atoms with Crippen LogP contribution in [0.2, 0.25) is 0 Å². The largest absolute Gasteiger partial charge is 0.356 e. The maximum atomic E-state index is 13.3. The average Bonchev–Trinajstić information content (AvgIpc) is 3.00. The lowest BCUT2D eigenvalue weighted by atomic mass is 9.91. The SMILES string of the molecule is CCN1C(=O)N[C@@H](c2ccc(C)cc2C)C2=C1CN(CCC(=O)NCC(C)C)C2=O. The van der Waals surface area contributed by atoms with E-state index in [0.717, 1.165) is 22.4 Å². The van der Waals surface area contributed by atoms with E-state index in [4.69, 9.17) is 0 Å². The van der Waals surface area contributed by atoms with Gasteiger partial charge in [0.25, 0.3) is 5.91 Å². The number of hydrogen-bond donors (Lipinski definition) is 2. The number of amides is 4. The van der Waals surface area contributed by atoms with Crippen LogP contribution < -0.4 is 10.6 Å². The molecule has 1 atom stereocenters. The molecule has 2 aliphatic rings. The Balaban J connectivity index is 1.83. The van der Waals surface area contributed by atoms with Gasteiger partial charge >= 0.3 is 6.03 Å². The summed E-state index contributed by atoms with van der Waals surface area (Å²) >= 11 is 0. The van der Waals surface area contributed by atoms with Gasteiger partial charge in [0, 0.05) is 26.1 Å². The van der Waals surface area contributed by atoms with Gasteiger partial charge in [-0.15, -0.1) is 0 Å². The van der Waals surface area contributed by atoms with Crippen molar-refractivity contribution in [3.05, 3.63) is 46.2 Å². The van der Waals surface area contributed by atoms with Crippen molar-refractivity contribution in [1.82, 2.24) is 20.4 Å². The summed E-state index contributed by atoms with van der Waals surface area (Å²) in [5.74, 6) is 0.212. The molecule has 2 heterocycles. The number of rotatable bonds is 7. The van der Waals surface area contributed by atoms with Gasteiger partial charge in [-0.1, -0.05) is 37.6 Å². The van der Waals surface area contributed by atoms with Crippen LogP contribution in [-0.4, -0.2) is 53.8 Å². The van der Waals surface area contributed by atoms with Crippen molar-refractivity contribution in [2.24, 2.45) is 5.92 Å². The van der Waals surface area contributed by atoms with Crippen molar-refractivity contribution in [3.8, 4) is 0 Å². The first-order chi connectivity index (χ1) is 14.2. The predicted octanol–water partition coefficient (Wildman–Crippen LogP) is 2.65. The molecule has 4 amide bonds. The highest BCUT2D eigenvalue weighted by atomic mass is 16.2. The molecule has 0 fully saturated rings. The molecule has 3 rings (SSSR count). The molecule has 0 aromatic heterocycles. The molecule has 1 aromatic rings. The molecule has 0 aliphatic carbocycles. The van der Waals surface area contributed by atoms with Gasteiger partial charge in [0.15, 0.2) is 0 Å². The Labute approximate surface area is 178 Å². The first-order valence-electron chi connectivity index (χ1n) is 10.7. The highest BCUT2D eigenvalue weighted by molar-refractivity contribution is 6.01. The van der Waals surface area contributed by atoms with Crippen LogP contribution in [0.1, 0.15) is 49.9 Å². The number of benzene rings is 1. The molecule has 0 radical (unpaired) electrons. The molecule has 2 N–H and O–H groups in total. The molecule has 0 bridgehead atoms. The minimum atomic E-state index is -0.469. The molecule has 0 spiro atoms. The number of carbonyl (C=O) groups is 3. The summed E-state index contributed by atoms with van der Waals surface area (Å²) in [5, 5.41) is 5.91. The second-order valence-electron chi connectivity index (χ2n) is 8.52. The van der Waals surface area contributed by atoms with E-state index in [9.17, 15) is 14.4 Å². The molecule has 30 heavy (non-hydrogen) atoms. The van der Waals surface area contributed by atoms with Crippen molar-refractivity contribution < 1.29 is 14.4 Å². The summed E-state index contributed by atoms with van der Waals surface area (Å²) in [5.41, 5.74) is 4.47. The summed E-state index contributed by atoms with van der Waals surface area (Å²) in [7, 11) is 0. The van der Waals surface area contributed by atoms with E-state index in [1.54, 1.807) is 9.80 Å². The van der Waals surface area contributed by atoms with E-state index in [1.165, 1.54) is 0 Å². The second kappa shape index (κ2) is 8.90. The highest BCUT2D eigenvalue weighted by Gasteiger charge is 2.43. The van der Waals surface area contributed by atoms with Crippen molar-refractivity contribution >= 4 is 17.8 Å². The lowest BCUT2D eigenvalue weighted by Gasteiger charge is -2.33. The molecule has 7 heteroatoms. The van der Waals surface area contributed by atoms with Crippen LogP contribution in [0, 0.1) is 19.8 Å². The van der Waals surface area contributed by atoms with E-state index >= 15 is 0 Å². The van der Waals surface area contributed by atoms with Gasteiger partial charge < -0.3 is 15.5 Å². The Bertz CT molecular complexity index is 890. The van der Waals surface area contributed by atoms with Gasteiger partial charge in [-0.3, -0.25) is 14.5 Å². The summed E-state index contributed by atoms with van der Waals surface area (Å²) in [6.45, 7) is 11.8. The Kier molecular flexibility index (Phi) is 6.48. The fourth-order valence-electron chi connectivity index (χ4n) is 4.09. The normalized spacial score (nSPS) is 18.8. The number of urea groups is 1. The Morgan fingerprint density at radius 2 is 2.00 bits per heavy atom. The topological polar surface area (TPSA) is 81.8 Å². The first-order valence-corrected chi connectivity index (χ1v) is 10.7. The van der Waals surface area contributed by atoms with Crippen LogP contribution >= 0.6 is 0 Å². The van der Waals surface area contributed by atoms with E-state index in [1.807, 2.05) is 46.8 Å². The maximum Gasteiger partial charge on any atom is 0.322 e. The molecule has 0 saturated carbocycles. The third-order valence-electron chi connectivity index (χ3n) is 5.67. The van der Waals surface area contributed by atoms with Crippen LogP contribution in [0.5, 0.6) is 0 Å². The van der Waals surface area contributed by atoms with Crippen molar-refractivity contribution in [1.29, 1.82) is 0 Å². The van der Waals surface area contributed by atoms with Crippen LogP contribution in [0.4, 0.5) is 4.79 Å². The van der Waals surface area contributed by atoms with Gasteiger partial charge in [-0.2, -0.15) is 0 Å². The van der Waals surface area contributed by atoms with Crippen molar-refractivity contribution in [2.45, 2.75) is 47.1 Å². The monoisotopic (exact) mass is 412 g/mol. The zero-order valence-corrected chi connectivity index (χ0v) is 18.5.